The maximum absolute atomic E-state index is 11.5. The second-order valence-electron chi connectivity index (χ2n) is 35.4. The Balaban J connectivity index is 0.000000113. The van der Waals surface area contributed by atoms with Crippen LogP contribution in [0.4, 0.5) is 108 Å². The van der Waals surface area contributed by atoms with E-state index in [4.69, 9.17) is 44.9 Å². The fraction of sp³-hybridized carbons (Fsp3) is 0.385. The molecule has 0 atom stereocenters. The van der Waals surface area contributed by atoms with Crippen LogP contribution in [-0.4, -0.2) is 145 Å². The number of nitrogens with zero attached hydrogens (tertiary/aromatic N) is 6. The molecule has 9 aromatic rings. The van der Waals surface area contributed by atoms with Gasteiger partial charge in [-0.05, 0) is 210 Å². The van der Waals surface area contributed by atoms with E-state index in [0.717, 1.165) is 249 Å². The molecule has 656 valence electrons. The number of piperidine rings is 2. The number of nitrogens with one attached hydrogen (secondary N) is 7. The van der Waals surface area contributed by atoms with Crippen LogP contribution in [0.5, 0.6) is 0 Å². The summed E-state index contributed by atoms with van der Waals surface area (Å²) in [6.45, 7) is 22.5. The molecule has 12 aliphatic heterocycles. The molecule has 0 spiro atoms. The number of hydrogen-bond donors (Lipinski definition) is 14. The van der Waals surface area contributed by atoms with Crippen molar-refractivity contribution in [2.24, 2.45) is 5.92 Å². The van der Waals surface area contributed by atoms with Crippen LogP contribution in [0.2, 0.25) is 0 Å². The standard InChI is InChI=1S/C18H20N2O.2C14H19N3O.C13H18N4O.C13H17N3O.C12H15N3O2.C12H10N2OS/c1-18(2,3)13-6-4-11(5-7-13)14-8-12-9-17(21)20-16(12)10-15(14)19;1-9-2-4-17(5-3-9)13-6-10-7-14(18)16-12(10)8-11(13)15;15-11-9-12-10(8-14(18)16-12)7-13(11)17-5-3-1-2-4-6-17;1-16-2-4-17(5-3-16)12-6-9-7-13(18)15-11(9)8-10(12)14;14-10-8-11-9(7-13(17)15-11)6-12(10)16-4-2-1-3-5-16;13-9-7-10-8(6-12(16)14-10)5-11(9)15-1-3-17-4-2-15;13-9-6-10-7(5-12(15)14-10)4-8(9)11-2-1-3-16-11/h4-8,10H,9,19H2,1-3H3,(H,20,21);6,8-9H,2-5,7,15H2,1H3,(H,16,18);7,9H,1-6,8,15H2,(H,16,18);6,8H,2-5,7,14H2,1H3,(H,15,18);6,8H,1-5,7,14H2,(H,15,17);5,7H,1-4,6,13H2,(H,14,16);1-4,6H,5,13H2,(H,14,15). The number of fused-ring (bicyclic) bond motifs is 7. The minimum Gasteiger partial charge on any atom is -0.398 e. The maximum atomic E-state index is 11.5. The van der Waals surface area contributed by atoms with Gasteiger partial charge in [0.05, 0.1) is 115 Å². The maximum Gasteiger partial charge on any atom is 0.228 e. The molecule has 5 fully saturated rings. The molecule has 12 aliphatic rings. The number of benzene rings is 8. The normalized spacial score (nSPS) is 17.8. The smallest absolute Gasteiger partial charge is 0.228 e. The van der Waals surface area contributed by atoms with E-state index in [0.29, 0.717) is 62.0 Å². The summed E-state index contributed by atoms with van der Waals surface area (Å²) in [5, 5.41) is 21.8. The van der Waals surface area contributed by atoms with Crippen molar-refractivity contribution in [3.63, 3.8) is 0 Å². The predicted octanol–water partition coefficient (Wildman–Crippen LogP) is 13.2. The quantitative estimate of drug-likeness (QED) is 0.0659. The molecule has 1 aromatic heterocycles. The van der Waals surface area contributed by atoms with E-state index < -0.39 is 0 Å². The Hall–Kier alpha value is -12.7. The van der Waals surface area contributed by atoms with Gasteiger partial charge in [-0.25, -0.2) is 0 Å². The fourth-order valence-corrected chi connectivity index (χ4v) is 18.7. The minimum atomic E-state index is 0.0321. The van der Waals surface area contributed by atoms with Crippen molar-refractivity contribution >= 4 is 161 Å². The monoisotopic (exact) mass is 1710 g/mol. The number of thiophene rings is 1. The van der Waals surface area contributed by atoms with Gasteiger partial charge in [0, 0.05) is 146 Å². The van der Waals surface area contributed by atoms with Gasteiger partial charge in [-0.3, -0.25) is 33.6 Å². The van der Waals surface area contributed by atoms with Crippen molar-refractivity contribution in [2.75, 3.05) is 201 Å². The first kappa shape index (κ1) is 87.2. The van der Waals surface area contributed by atoms with Gasteiger partial charge in [0.1, 0.15) is 0 Å². The third kappa shape index (κ3) is 21.0. The number of nitrogens with two attached hydrogens (primary N) is 7. The third-order valence-corrected chi connectivity index (χ3v) is 25.9. The highest BCUT2D eigenvalue weighted by molar-refractivity contribution is 7.13. The summed E-state index contributed by atoms with van der Waals surface area (Å²) in [5.74, 6) is 1.17. The number of piperazine rings is 1. The third-order valence-electron chi connectivity index (χ3n) is 25.0. The van der Waals surface area contributed by atoms with Gasteiger partial charge < -0.3 is 111 Å². The topological polar surface area (TPSA) is 415 Å². The highest BCUT2D eigenvalue weighted by atomic mass is 32.1. The zero-order valence-electron chi connectivity index (χ0n) is 72.3. The lowest BCUT2D eigenvalue weighted by Gasteiger charge is -2.34. The number of likely N-dealkylation sites (N-methyl/N-ethyl adjacent to an activating group) is 1. The molecule has 0 unspecified atom stereocenters. The number of carbonyl (C=O) groups excluding carboxylic acids is 7. The molecule has 8 aromatic carbocycles. The Kier molecular flexibility index (Phi) is 26.6. The first-order chi connectivity index (χ1) is 60.1. The van der Waals surface area contributed by atoms with Crippen LogP contribution in [-0.2, 0) is 88.7 Å². The van der Waals surface area contributed by atoms with Crippen LogP contribution in [0.25, 0.3) is 21.6 Å². The van der Waals surface area contributed by atoms with Crippen LogP contribution in [0, 0.1) is 5.92 Å². The zero-order valence-corrected chi connectivity index (χ0v) is 73.1. The molecule has 13 heterocycles. The molecule has 125 heavy (non-hydrogen) atoms. The van der Waals surface area contributed by atoms with Crippen LogP contribution >= 0.6 is 11.3 Å². The molecule has 21 rings (SSSR count). The highest BCUT2D eigenvalue weighted by Gasteiger charge is 2.31. The number of rotatable bonds is 7. The fourth-order valence-electron chi connectivity index (χ4n) is 17.9. The van der Waals surface area contributed by atoms with Gasteiger partial charge in [-0.2, -0.15) is 0 Å². The minimum absolute atomic E-state index is 0.0321. The molecule has 28 nitrogen and oxygen atoms in total. The van der Waals surface area contributed by atoms with Gasteiger partial charge >= 0.3 is 0 Å². The molecular formula is C96H118N20O8S. The molecule has 21 N–H and O–H groups in total. The number of morpholine rings is 1. The Morgan fingerprint density at radius 1 is 0.336 bits per heavy atom. The summed E-state index contributed by atoms with van der Waals surface area (Å²) in [7, 11) is 2.13. The van der Waals surface area contributed by atoms with Gasteiger partial charge in [-0.1, -0.05) is 70.9 Å². The zero-order chi connectivity index (χ0) is 87.9. The van der Waals surface area contributed by atoms with E-state index in [2.05, 4.69) is 150 Å². The predicted molar refractivity (Wildman–Crippen MR) is 510 cm³/mol. The van der Waals surface area contributed by atoms with Crippen LogP contribution in [0.3, 0.4) is 0 Å². The van der Waals surface area contributed by atoms with E-state index in [-0.39, 0.29) is 46.8 Å². The van der Waals surface area contributed by atoms with E-state index in [1.165, 1.54) is 63.4 Å². The molecule has 0 bridgehead atoms. The summed E-state index contributed by atoms with van der Waals surface area (Å²) in [5.41, 5.74) is 71.1. The Morgan fingerprint density at radius 2 is 0.624 bits per heavy atom. The van der Waals surface area contributed by atoms with Crippen molar-refractivity contribution in [1.82, 2.24) is 4.90 Å². The molecule has 0 radical (unpaired) electrons. The molecular weight excluding hydrogens is 1590 g/mol. The van der Waals surface area contributed by atoms with Gasteiger partial charge in [0.2, 0.25) is 41.4 Å². The van der Waals surface area contributed by atoms with Crippen LogP contribution < -0.4 is 102 Å². The largest absolute Gasteiger partial charge is 0.398 e. The first-order valence-corrected chi connectivity index (χ1v) is 44.7. The van der Waals surface area contributed by atoms with Gasteiger partial charge in [0.25, 0.3) is 0 Å². The molecule has 5 saturated heterocycles. The number of nitrogen functional groups attached to an aromatic ring is 7. The first-order valence-electron chi connectivity index (χ1n) is 43.8. The van der Waals surface area contributed by atoms with Crippen LogP contribution in [0.1, 0.15) is 130 Å². The highest BCUT2D eigenvalue weighted by Crippen LogP contribution is 2.43. The SMILES string of the molecule is CC(C)(C)c1ccc(-c2cc3c(cc2N)NC(=O)C3)cc1.CC1CCN(c2cc3c(cc2N)NC(=O)C3)CC1.CN1CCN(c2cc3c(cc2N)NC(=O)C3)CC1.Nc1cc2c(cc1-c1cccs1)CC(=O)N2.Nc1cc2c(cc1N1CCCCC1)CC(=O)N2.Nc1cc2c(cc1N1CCCCCC1)CC(=O)N2.Nc1cc2c(cc1N1CCOCC1)CC(=O)N2. The molecule has 0 saturated carbocycles. The Bertz CT molecular complexity index is 5380. The van der Waals surface area contributed by atoms with Crippen molar-refractivity contribution in [1.29, 1.82) is 0 Å². The molecule has 29 heteroatoms. The van der Waals surface area contributed by atoms with Gasteiger partial charge in [-0.15, -0.1) is 11.3 Å². The van der Waals surface area contributed by atoms with Crippen molar-refractivity contribution in [3.8, 4) is 21.6 Å². The summed E-state index contributed by atoms with van der Waals surface area (Å²) in [6.07, 6.45) is 14.5. The van der Waals surface area contributed by atoms with Crippen LogP contribution in [0.15, 0.2) is 127 Å². The van der Waals surface area contributed by atoms with E-state index >= 15 is 0 Å². The molecule has 7 amide bonds. The lowest BCUT2D eigenvalue weighted by molar-refractivity contribution is -0.115. The van der Waals surface area contributed by atoms with Crippen molar-refractivity contribution in [2.45, 2.75) is 136 Å². The number of hydrogen-bond acceptors (Lipinski definition) is 22. The van der Waals surface area contributed by atoms with E-state index in [9.17, 15) is 33.6 Å². The Morgan fingerprint density at radius 3 is 0.952 bits per heavy atom. The summed E-state index contributed by atoms with van der Waals surface area (Å²) in [4.78, 5) is 94.5. The summed E-state index contributed by atoms with van der Waals surface area (Å²) in [6, 6.07) is 40.0. The number of amides is 7. The number of carbonyl (C=O) groups is 7. The van der Waals surface area contributed by atoms with Gasteiger partial charge in [0.15, 0.2) is 0 Å². The van der Waals surface area contributed by atoms with E-state index in [1.54, 1.807) is 11.3 Å². The lowest BCUT2D eigenvalue weighted by Crippen LogP contribution is -2.44. The van der Waals surface area contributed by atoms with Crippen molar-refractivity contribution < 1.29 is 38.3 Å². The van der Waals surface area contributed by atoms with E-state index in [1.807, 2.05) is 78.2 Å². The summed E-state index contributed by atoms with van der Waals surface area (Å²) < 4.78 is 5.32. The molecule has 0 aliphatic carbocycles. The Labute approximate surface area is 735 Å². The van der Waals surface area contributed by atoms with Crippen molar-refractivity contribution in [3.05, 3.63) is 171 Å². The average molecular weight is 1710 g/mol. The lowest BCUT2D eigenvalue weighted by atomic mass is 9.86. The average Bonchev–Trinajstić information content (AvgIpc) is 1.75. The number of ether oxygens (including phenoxy) is 1. The second-order valence-corrected chi connectivity index (χ2v) is 36.4. The number of anilines is 19. The second kappa shape index (κ2) is 38.2. The summed E-state index contributed by atoms with van der Waals surface area (Å²) >= 11 is 1.65.